The summed E-state index contributed by atoms with van der Waals surface area (Å²) in [6.45, 7) is 0.416. The van der Waals surface area contributed by atoms with Gasteiger partial charge in [-0.2, -0.15) is 5.10 Å². The van der Waals surface area contributed by atoms with Crippen LogP contribution in [-0.2, 0) is 21.2 Å². The minimum atomic E-state index is -3.71. The number of carbonyl (C=O) groups excluding carboxylic acids is 1. The Balaban J connectivity index is 1.42. The fraction of sp³-hybridized carbons (Fsp3) is 0.0833. The molecule has 168 valence electrons. The predicted octanol–water partition coefficient (Wildman–Crippen LogP) is 3.62. The van der Waals surface area contributed by atoms with Crippen LogP contribution in [0.25, 0.3) is 22.3 Å². The van der Waals surface area contributed by atoms with Gasteiger partial charge in [0.2, 0.25) is 15.9 Å². The van der Waals surface area contributed by atoms with Crippen LogP contribution in [0.1, 0.15) is 11.1 Å². The van der Waals surface area contributed by atoms with E-state index < -0.39 is 10.0 Å². The number of hydrogen-bond acceptors (Lipinski definition) is 5. The highest BCUT2D eigenvalue weighted by Gasteiger charge is 2.12. The second kappa shape index (κ2) is 9.95. The zero-order valence-corrected chi connectivity index (χ0v) is 19.2. The van der Waals surface area contributed by atoms with Crippen LogP contribution in [0.3, 0.4) is 0 Å². The molecule has 0 radical (unpaired) electrons. The van der Waals surface area contributed by atoms with Crippen molar-refractivity contribution in [2.24, 2.45) is 5.14 Å². The smallest absolute Gasteiger partial charge is 0.244 e. The number of nitrogens with two attached hydrogens (primary N) is 1. The SMILES string of the molecule is NS(=O)(=O)c1ccc(CCNC(=O)C=Cc2cn(-c3ccccc3)nc2-c2cccs2)cc1. The first-order valence-corrected chi connectivity index (χ1v) is 12.6. The van der Waals surface area contributed by atoms with E-state index in [1.807, 2.05) is 54.0 Å². The van der Waals surface area contributed by atoms with Crippen molar-refractivity contribution in [3.8, 4) is 16.3 Å². The lowest BCUT2D eigenvalue weighted by atomic mass is 10.1. The molecular weight excluding hydrogens is 456 g/mol. The van der Waals surface area contributed by atoms with Crippen LogP contribution in [0, 0.1) is 0 Å². The van der Waals surface area contributed by atoms with E-state index in [0.717, 1.165) is 27.4 Å². The standard InChI is InChI=1S/C24H22N4O3S2/c25-33(30,31)21-11-8-18(9-12-21)14-15-26-23(29)13-10-19-17-28(20-5-2-1-3-6-20)27-24(19)22-7-4-16-32-22/h1-13,16-17H,14-15H2,(H,26,29)(H2,25,30,31). The van der Waals surface area contributed by atoms with Crippen molar-refractivity contribution in [2.75, 3.05) is 6.54 Å². The molecule has 1 amide bonds. The monoisotopic (exact) mass is 478 g/mol. The first-order chi connectivity index (χ1) is 15.9. The molecule has 0 aliphatic rings. The summed E-state index contributed by atoms with van der Waals surface area (Å²) in [4.78, 5) is 13.4. The molecule has 2 aromatic carbocycles. The van der Waals surface area contributed by atoms with Crippen molar-refractivity contribution in [1.82, 2.24) is 15.1 Å². The average molecular weight is 479 g/mol. The number of para-hydroxylation sites is 1. The fourth-order valence-electron chi connectivity index (χ4n) is 3.23. The molecule has 0 unspecified atom stereocenters. The lowest BCUT2D eigenvalue weighted by molar-refractivity contribution is -0.116. The number of hydrogen-bond donors (Lipinski definition) is 2. The minimum Gasteiger partial charge on any atom is -0.352 e. The Bertz CT molecular complexity index is 1360. The summed E-state index contributed by atoms with van der Waals surface area (Å²) >= 11 is 1.59. The molecular formula is C24H22N4O3S2. The summed E-state index contributed by atoms with van der Waals surface area (Å²) in [5, 5.41) is 14.7. The summed E-state index contributed by atoms with van der Waals surface area (Å²) in [7, 11) is -3.71. The van der Waals surface area contributed by atoms with Gasteiger partial charge in [-0.15, -0.1) is 11.3 Å². The largest absolute Gasteiger partial charge is 0.352 e. The van der Waals surface area contributed by atoms with E-state index in [1.54, 1.807) is 34.2 Å². The van der Waals surface area contributed by atoms with Gasteiger partial charge in [0.15, 0.2) is 0 Å². The van der Waals surface area contributed by atoms with Gasteiger partial charge in [0, 0.05) is 24.4 Å². The maximum Gasteiger partial charge on any atom is 0.244 e. The number of nitrogens with zero attached hydrogens (tertiary/aromatic N) is 2. The van der Waals surface area contributed by atoms with Crippen molar-refractivity contribution >= 4 is 33.3 Å². The summed E-state index contributed by atoms with van der Waals surface area (Å²) < 4.78 is 24.5. The van der Waals surface area contributed by atoms with Gasteiger partial charge in [-0.3, -0.25) is 4.79 Å². The Kier molecular flexibility index (Phi) is 6.83. The van der Waals surface area contributed by atoms with Crippen LogP contribution in [0.15, 0.2) is 89.3 Å². The van der Waals surface area contributed by atoms with E-state index >= 15 is 0 Å². The van der Waals surface area contributed by atoms with Gasteiger partial charge in [0.05, 0.1) is 15.5 Å². The van der Waals surface area contributed by atoms with Crippen LogP contribution >= 0.6 is 11.3 Å². The molecule has 0 bridgehead atoms. The molecule has 0 aliphatic carbocycles. The number of primary sulfonamides is 1. The van der Waals surface area contributed by atoms with E-state index in [2.05, 4.69) is 5.32 Å². The van der Waals surface area contributed by atoms with Gasteiger partial charge >= 0.3 is 0 Å². The number of thiophene rings is 1. The van der Waals surface area contributed by atoms with Crippen LogP contribution in [0.5, 0.6) is 0 Å². The second-order valence-corrected chi connectivity index (χ2v) is 9.76. The fourth-order valence-corrected chi connectivity index (χ4v) is 4.47. The summed E-state index contributed by atoms with van der Waals surface area (Å²) in [6.07, 6.45) is 5.73. The highest BCUT2D eigenvalue weighted by molar-refractivity contribution is 7.89. The third kappa shape index (κ3) is 5.83. The molecule has 0 spiro atoms. The molecule has 2 aromatic heterocycles. The lowest BCUT2D eigenvalue weighted by Crippen LogP contribution is -2.23. The Morgan fingerprint density at radius 2 is 1.82 bits per heavy atom. The van der Waals surface area contributed by atoms with Gasteiger partial charge in [-0.1, -0.05) is 36.4 Å². The van der Waals surface area contributed by atoms with Crippen molar-refractivity contribution in [3.05, 3.63) is 95.5 Å². The van der Waals surface area contributed by atoms with E-state index in [9.17, 15) is 13.2 Å². The highest BCUT2D eigenvalue weighted by atomic mass is 32.2. The topological polar surface area (TPSA) is 107 Å². The minimum absolute atomic E-state index is 0.0656. The first kappa shape index (κ1) is 22.7. The van der Waals surface area contributed by atoms with Crippen LogP contribution in [0.4, 0.5) is 0 Å². The maximum absolute atomic E-state index is 12.3. The van der Waals surface area contributed by atoms with E-state index in [0.29, 0.717) is 13.0 Å². The van der Waals surface area contributed by atoms with E-state index in [-0.39, 0.29) is 10.8 Å². The van der Waals surface area contributed by atoms with E-state index in [4.69, 9.17) is 10.2 Å². The van der Waals surface area contributed by atoms with Crippen LogP contribution in [0.2, 0.25) is 0 Å². The number of benzene rings is 2. The van der Waals surface area contributed by atoms with Crippen molar-refractivity contribution in [3.63, 3.8) is 0 Å². The molecule has 9 heteroatoms. The van der Waals surface area contributed by atoms with Crippen LogP contribution in [-0.4, -0.2) is 30.7 Å². The molecule has 2 heterocycles. The third-order valence-electron chi connectivity index (χ3n) is 4.90. The van der Waals surface area contributed by atoms with Crippen molar-refractivity contribution < 1.29 is 13.2 Å². The zero-order valence-electron chi connectivity index (χ0n) is 17.6. The molecule has 7 nitrogen and oxygen atoms in total. The molecule has 4 rings (SSSR count). The molecule has 0 saturated carbocycles. The molecule has 3 N–H and O–H groups in total. The average Bonchev–Trinajstić information content (AvgIpc) is 3.48. The number of carbonyl (C=O) groups is 1. The van der Waals surface area contributed by atoms with E-state index in [1.165, 1.54) is 18.2 Å². The number of rotatable bonds is 8. The van der Waals surface area contributed by atoms with Crippen molar-refractivity contribution in [1.29, 1.82) is 0 Å². The molecule has 4 aromatic rings. The Labute approximate surface area is 196 Å². The van der Waals surface area contributed by atoms with Gasteiger partial charge < -0.3 is 5.32 Å². The molecule has 33 heavy (non-hydrogen) atoms. The van der Waals surface area contributed by atoms with Gasteiger partial charge in [-0.05, 0) is 53.8 Å². The van der Waals surface area contributed by atoms with Crippen LogP contribution < -0.4 is 10.5 Å². The number of aromatic nitrogens is 2. The molecule has 0 aliphatic heterocycles. The highest BCUT2D eigenvalue weighted by Crippen LogP contribution is 2.28. The molecule has 0 fully saturated rings. The van der Waals surface area contributed by atoms with Crippen molar-refractivity contribution in [2.45, 2.75) is 11.3 Å². The zero-order chi connectivity index (χ0) is 23.3. The summed E-state index contributed by atoms with van der Waals surface area (Å²) in [6, 6.07) is 20.1. The van der Waals surface area contributed by atoms with Gasteiger partial charge in [-0.25, -0.2) is 18.2 Å². The second-order valence-electron chi connectivity index (χ2n) is 7.25. The molecule has 0 saturated heterocycles. The quantitative estimate of drug-likeness (QED) is 0.377. The predicted molar refractivity (Wildman–Crippen MR) is 130 cm³/mol. The number of nitrogens with one attached hydrogen (secondary N) is 1. The summed E-state index contributed by atoms with van der Waals surface area (Å²) in [5.41, 5.74) is 3.49. The number of sulfonamides is 1. The third-order valence-corrected chi connectivity index (χ3v) is 6.70. The normalized spacial score (nSPS) is 11.7. The Morgan fingerprint density at radius 1 is 1.06 bits per heavy atom. The lowest BCUT2D eigenvalue weighted by Gasteiger charge is -2.04. The number of amides is 1. The maximum atomic E-state index is 12.3. The first-order valence-electron chi connectivity index (χ1n) is 10.2. The summed E-state index contributed by atoms with van der Waals surface area (Å²) in [5.74, 6) is -0.222. The van der Waals surface area contributed by atoms with Gasteiger partial charge in [0.1, 0.15) is 5.69 Å². The Morgan fingerprint density at radius 3 is 2.48 bits per heavy atom. The van der Waals surface area contributed by atoms with Gasteiger partial charge in [0.25, 0.3) is 0 Å². The Hall–Kier alpha value is -3.53. The molecule has 0 atom stereocenters.